The van der Waals surface area contributed by atoms with E-state index in [9.17, 15) is 0 Å². The van der Waals surface area contributed by atoms with Gasteiger partial charge in [0.15, 0.2) is 0 Å². The second kappa shape index (κ2) is 6.62. The van der Waals surface area contributed by atoms with Gasteiger partial charge in [-0.2, -0.15) is 0 Å². The standard InChI is InChI=1S/C18H30N2/c1-14(2)11-16-5-4-10-18(12-16,13-19)20-17-8-6-15(3)7-9-17/h6-9,14,16,20H,4-5,10-13,19H2,1-3H3. The van der Waals surface area contributed by atoms with Crippen molar-refractivity contribution < 1.29 is 0 Å². The largest absolute Gasteiger partial charge is 0.378 e. The molecule has 1 saturated carbocycles. The van der Waals surface area contributed by atoms with E-state index in [2.05, 4.69) is 50.4 Å². The van der Waals surface area contributed by atoms with Crippen molar-refractivity contribution in [3.05, 3.63) is 29.8 Å². The first-order valence-electron chi connectivity index (χ1n) is 8.08. The molecule has 0 heterocycles. The number of anilines is 1. The number of benzene rings is 1. The van der Waals surface area contributed by atoms with Gasteiger partial charge in [-0.1, -0.05) is 44.4 Å². The molecule has 2 rings (SSSR count). The summed E-state index contributed by atoms with van der Waals surface area (Å²) < 4.78 is 0. The third-order valence-electron chi connectivity index (χ3n) is 4.60. The average molecular weight is 274 g/mol. The second-order valence-electron chi connectivity index (χ2n) is 7.07. The third-order valence-corrected chi connectivity index (χ3v) is 4.60. The van der Waals surface area contributed by atoms with Gasteiger partial charge in [0.1, 0.15) is 0 Å². The van der Waals surface area contributed by atoms with Crippen molar-refractivity contribution in [1.29, 1.82) is 0 Å². The lowest BCUT2D eigenvalue weighted by Crippen LogP contribution is -2.49. The highest BCUT2D eigenvalue weighted by atomic mass is 15.0. The Morgan fingerprint density at radius 2 is 2.00 bits per heavy atom. The molecule has 2 unspecified atom stereocenters. The normalized spacial score (nSPS) is 26.8. The predicted octanol–water partition coefficient (Wildman–Crippen LogP) is 4.34. The Bertz CT molecular complexity index is 410. The molecule has 0 amide bonds. The van der Waals surface area contributed by atoms with E-state index in [-0.39, 0.29) is 5.54 Å². The molecular formula is C18H30N2. The fourth-order valence-electron chi connectivity index (χ4n) is 3.65. The first-order valence-corrected chi connectivity index (χ1v) is 8.08. The zero-order valence-electron chi connectivity index (χ0n) is 13.3. The van der Waals surface area contributed by atoms with Crippen LogP contribution in [0.2, 0.25) is 0 Å². The van der Waals surface area contributed by atoms with Gasteiger partial charge < -0.3 is 11.1 Å². The summed E-state index contributed by atoms with van der Waals surface area (Å²) in [7, 11) is 0. The summed E-state index contributed by atoms with van der Waals surface area (Å²) in [6.45, 7) is 7.51. The van der Waals surface area contributed by atoms with Crippen LogP contribution in [0.25, 0.3) is 0 Å². The summed E-state index contributed by atoms with van der Waals surface area (Å²) in [6, 6.07) is 8.69. The molecule has 20 heavy (non-hydrogen) atoms. The van der Waals surface area contributed by atoms with E-state index in [4.69, 9.17) is 5.73 Å². The molecule has 0 bridgehead atoms. The minimum atomic E-state index is 0.104. The fraction of sp³-hybridized carbons (Fsp3) is 0.667. The highest BCUT2D eigenvalue weighted by Crippen LogP contribution is 2.37. The summed E-state index contributed by atoms with van der Waals surface area (Å²) in [6.07, 6.45) is 6.42. The molecule has 1 fully saturated rings. The van der Waals surface area contributed by atoms with E-state index in [0.717, 1.165) is 18.4 Å². The number of hydrogen-bond acceptors (Lipinski definition) is 2. The molecule has 2 nitrogen and oxygen atoms in total. The van der Waals surface area contributed by atoms with Gasteiger partial charge in [-0.3, -0.25) is 0 Å². The molecule has 2 heteroatoms. The first kappa shape index (κ1) is 15.4. The van der Waals surface area contributed by atoms with E-state index in [0.29, 0.717) is 0 Å². The van der Waals surface area contributed by atoms with Gasteiger partial charge >= 0.3 is 0 Å². The zero-order valence-corrected chi connectivity index (χ0v) is 13.3. The molecule has 0 aliphatic heterocycles. The van der Waals surface area contributed by atoms with Crippen molar-refractivity contribution in [1.82, 2.24) is 0 Å². The molecule has 0 aromatic heterocycles. The summed E-state index contributed by atoms with van der Waals surface area (Å²) in [5, 5.41) is 3.75. The lowest BCUT2D eigenvalue weighted by atomic mass is 9.73. The van der Waals surface area contributed by atoms with Gasteiger partial charge in [0.25, 0.3) is 0 Å². The Hall–Kier alpha value is -1.02. The van der Waals surface area contributed by atoms with Crippen LogP contribution in [0.3, 0.4) is 0 Å². The Morgan fingerprint density at radius 1 is 1.30 bits per heavy atom. The topological polar surface area (TPSA) is 38.0 Å². The fourth-order valence-corrected chi connectivity index (χ4v) is 3.65. The van der Waals surface area contributed by atoms with E-state index < -0.39 is 0 Å². The molecule has 0 saturated heterocycles. The van der Waals surface area contributed by atoms with Crippen molar-refractivity contribution in [2.75, 3.05) is 11.9 Å². The van der Waals surface area contributed by atoms with Gasteiger partial charge in [-0.25, -0.2) is 0 Å². The van der Waals surface area contributed by atoms with Crippen LogP contribution in [-0.4, -0.2) is 12.1 Å². The highest BCUT2D eigenvalue weighted by Gasteiger charge is 2.35. The van der Waals surface area contributed by atoms with Gasteiger partial charge in [0.05, 0.1) is 0 Å². The predicted molar refractivity (Wildman–Crippen MR) is 88.0 cm³/mol. The van der Waals surface area contributed by atoms with Crippen molar-refractivity contribution in [2.24, 2.45) is 17.6 Å². The van der Waals surface area contributed by atoms with Gasteiger partial charge in [0.2, 0.25) is 0 Å². The Morgan fingerprint density at radius 3 is 2.60 bits per heavy atom. The molecule has 1 aromatic carbocycles. The average Bonchev–Trinajstić information content (AvgIpc) is 2.41. The molecule has 112 valence electrons. The molecule has 2 atom stereocenters. The first-order chi connectivity index (χ1) is 9.53. The van der Waals surface area contributed by atoms with Gasteiger partial charge in [-0.05, 0) is 50.2 Å². The van der Waals surface area contributed by atoms with E-state index in [1.807, 2.05) is 0 Å². The Balaban J connectivity index is 2.06. The van der Waals surface area contributed by atoms with Gasteiger partial charge in [-0.15, -0.1) is 0 Å². The maximum absolute atomic E-state index is 6.15. The lowest BCUT2D eigenvalue weighted by Gasteiger charge is -2.42. The minimum absolute atomic E-state index is 0.104. The van der Waals surface area contributed by atoms with E-state index >= 15 is 0 Å². The molecule has 1 aromatic rings. The molecule has 0 spiro atoms. The molecule has 1 aliphatic carbocycles. The number of nitrogens with two attached hydrogens (primary N) is 1. The summed E-state index contributed by atoms with van der Waals surface area (Å²) in [5.41, 5.74) is 8.77. The van der Waals surface area contributed by atoms with Crippen LogP contribution in [0.15, 0.2) is 24.3 Å². The summed E-state index contributed by atoms with van der Waals surface area (Å²) >= 11 is 0. The Labute approximate surface area is 124 Å². The minimum Gasteiger partial charge on any atom is -0.378 e. The smallest absolute Gasteiger partial charge is 0.0498 e. The van der Waals surface area contributed by atoms with Crippen molar-refractivity contribution in [3.63, 3.8) is 0 Å². The van der Waals surface area contributed by atoms with E-state index in [1.165, 1.54) is 43.4 Å². The van der Waals surface area contributed by atoms with Crippen LogP contribution < -0.4 is 11.1 Å². The Kier molecular flexibility index (Phi) is 5.09. The molecule has 1 aliphatic rings. The van der Waals surface area contributed by atoms with Crippen molar-refractivity contribution in [3.8, 4) is 0 Å². The monoisotopic (exact) mass is 274 g/mol. The SMILES string of the molecule is Cc1ccc(NC2(CN)CCCC(CC(C)C)C2)cc1. The van der Waals surface area contributed by atoms with Crippen LogP contribution in [0.1, 0.15) is 51.5 Å². The van der Waals surface area contributed by atoms with Crippen LogP contribution in [0, 0.1) is 18.8 Å². The second-order valence-corrected chi connectivity index (χ2v) is 7.07. The van der Waals surface area contributed by atoms with Crippen LogP contribution >= 0.6 is 0 Å². The quantitative estimate of drug-likeness (QED) is 0.838. The zero-order chi connectivity index (χ0) is 14.6. The number of aryl methyl sites for hydroxylation is 1. The number of nitrogens with one attached hydrogen (secondary N) is 1. The summed E-state index contributed by atoms with van der Waals surface area (Å²) in [5.74, 6) is 1.61. The molecular weight excluding hydrogens is 244 g/mol. The van der Waals surface area contributed by atoms with Crippen molar-refractivity contribution in [2.45, 2.75) is 58.4 Å². The van der Waals surface area contributed by atoms with Gasteiger partial charge in [0, 0.05) is 17.8 Å². The molecule has 0 radical (unpaired) electrons. The maximum atomic E-state index is 6.15. The lowest BCUT2D eigenvalue weighted by molar-refractivity contribution is 0.223. The maximum Gasteiger partial charge on any atom is 0.0498 e. The highest BCUT2D eigenvalue weighted by molar-refractivity contribution is 5.47. The van der Waals surface area contributed by atoms with Crippen LogP contribution in [0.5, 0.6) is 0 Å². The van der Waals surface area contributed by atoms with Crippen LogP contribution in [-0.2, 0) is 0 Å². The molecule has 3 N–H and O–H groups in total. The number of rotatable bonds is 5. The van der Waals surface area contributed by atoms with E-state index in [1.54, 1.807) is 0 Å². The van der Waals surface area contributed by atoms with Crippen molar-refractivity contribution >= 4 is 5.69 Å². The number of hydrogen-bond donors (Lipinski definition) is 2. The van der Waals surface area contributed by atoms with Crippen LogP contribution in [0.4, 0.5) is 5.69 Å². The third kappa shape index (κ3) is 3.99. The summed E-state index contributed by atoms with van der Waals surface area (Å²) in [4.78, 5) is 0.